The number of nitrogens with one attached hydrogen (secondary N) is 1. The molecular weight excluding hydrogens is 402 g/mol. The number of anilines is 1. The van der Waals surface area contributed by atoms with Crippen molar-refractivity contribution in [1.29, 1.82) is 0 Å². The van der Waals surface area contributed by atoms with Gasteiger partial charge in [-0.15, -0.1) is 0 Å². The first-order valence-electron chi connectivity index (χ1n) is 9.80. The molecule has 2 aliphatic rings. The number of ether oxygens (including phenoxy) is 1. The lowest BCUT2D eigenvalue weighted by molar-refractivity contribution is -0.119. The van der Waals surface area contributed by atoms with Crippen LogP contribution in [0.5, 0.6) is 0 Å². The molecule has 28 heavy (non-hydrogen) atoms. The summed E-state index contributed by atoms with van der Waals surface area (Å²) >= 11 is 6.21. The smallest absolute Gasteiger partial charge is 0.243 e. The number of hydrogen-bond acceptors (Lipinski definition) is 5. The minimum absolute atomic E-state index is 0.0900. The molecule has 0 saturated carbocycles. The Labute approximate surface area is 172 Å². The predicted molar refractivity (Wildman–Crippen MR) is 109 cm³/mol. The Morgan fingerprint density at radius 3 is 2.61 bits per heavy atom. The number of halogens is 1. The van der Waals surface area contributed by atoms with E-state index >= 15 is 0 Å². The van der Waals surface area contributed by atoms with Gasteiger partial charge in [-0.1, -0.05) is 24.4 Å². The summed E-state index contributed by atoms with van der Waals surface area (Å²) in [6.07, 6.45) is 3.93. The van der Waals surface area contributed by atoms with Crippen molar-refractivity contribution in [3.05, 3.63) is 23.2 Å². The predicted octanol–water partition coefficient (Wildman–Crippen LogP) is 2.56. The number of morpholine rings is 1. The van der Waals surface area contributed by atoms with E-state index in [1.165, 1.54) is 22.5 Å². The Bertz CT molecular complexity index is 794. The molecule has 1 atom stereocenters. The van der Waals surface area contributed by atoms with Crippen LogP contribution in [0.1, 0.15) is 32.6 Å². The number of benzene rings is 1. The number of carbonyl (C=O) groups is 1. The van der Waals surface area contributed by atoms with Gasteiger partial charge in [-0.25, -0.2) is 8.42 Å². The van der Waals surface area contributed by atoms with E-state index in [9.17, 15) is 13.2 Å². The minimum Gasteiger partial charge on any atom is -0.376 e. The van der Waals surface area contributed by atoms with Gasteiger partial charge in [0.1, 0.15) is 0 Å². The third kappa shape index (κ3) is 5.45. The number of amides is 1. The standard InChI is InChI=1S/C19H28ClN3O4S/c1-15-13-22(10-11-27-15)14-19(24)21-18-12-16(6-7-17(18)20)28(25,26)23-8-4-2-3-5-9-23/h6-7,12,15H,2-5,8-11,13-14H2,1H3,(H,21,24). The van der Waals surface area contributed by atoms with E-state index in [4.69, 9.17) is 16.3 Å². The molecule has 9 heteroatoms. The lowest BCUT2D eigenvalue weighted by Gasteiger charge is -2.30. The van der Waals surface area contributed by atoms with E-state index in [-0.39, 0.29) is 23.5 Å². The number of nitrogens with zero attached hydrogens (tertiary/aromatic N) is 2. The van der Waals surface area contributed by atoms with Gasteiger partial charge in [-0.3, -0.25) is 9.69 Å². The fourth-order valence-corrected chi connectivity index (χ4v) is 5.33. The van der Waals surface area contributed by atoms with E-state index in [0.717, 1.165) is 25.7 Å². The zero-order valence-electron chi connectivity index (χ0n) is 16.2. The van der Waals surface area contributed by atoms with Crippen molar-refractivity contribution in [2.24, 2.45) is 0 Å². The molecule has 1 unspecified atom stereocenters. The van der Waals surface area contributed by atoms with Crippen molar-refractivity contribution in [3.63, 3.8) is 0 Å². The van der Waals surface area contributed by atoms with Gasteiger partial charge >= 0.3 is 0 Å². The lowest BCUT2D eigenvalue weighted by Crippen LogP contribution is -2.44. The van der Waals surface area contributed by atoms with Crippen LogP contribution in [-0.4, -0.2) is 69.0 Å². The maximum absolute atomic E-state index is 13.0. The van der Waals surface area contributed by atoms with E-state index in [1.807, 2.05) is 11.8 Å². The van der Waals surface area contributed by atoms with Crippen LogP contribution in [0.25, 0.3) is 0 Å². The Balaban J connectivity index is 1.71. The second-order valence-corrected chi connectivity index (χ2v) is 9.77. The maximum atomic E-state index is 13.0. The Morgan fingerprint density at radius 2 is 1.93 bits per heavy atom. The third-order valence-corrected chi connectivity index (χ3v) is 7.33. The molecule has 0 aromatic heterocycles. The second-order valence-electron chi connectivity index (χ2n) is 7.42. The molecule has 7 nitrogen and oxygen atoms in total. The molecule has 2 fully saturated rings. The van der Waals surface area contributed by atoms with Crippen LogP contribution >= 0.6 is 11.6 Å². The topological polar surface area (TPSA) is 79.0 Å². The first-order chi connectivity index (χ1) is 13.4. The summed E-state index contributed by atoms with van der Waals surface area (Å²) in [7, 11) is -3.60. The monoisotopic (exact) mass is 429 g/mol. The summed E-state index contributed by atoms with van der Waals surface area (Å²) in [5.74, 6) is -0.222. The van der Waals surface area contributed by atoms with Crippen LogP contribution in [0.15, 0.2) is 23.1 Å². The van der Waals surface area contributed by atoms with Gasteiger partial charge in [0.2, 0.25) is 15.9 Å². The SMILES string of the molecule is CC1CN(CC(=O)Nc2cc(S(=O)(=O)N3CCCCCC3)ccc2Cl)CCO1. The molecule has 3 rings (SSSR count). The summed E-state index contributed by atoms with van der Waals surface area (Å²) < 4.78 is 33.0. The Kier molecular flexibility index (Phi) is 7.33. The highest BCUT2D eigenvalue weighted by molar-refractivity contribution is 7.89. The number of rotatable bonds is 5. The van der Waals surface area contributed by atoms with Crippen LogP contribution in [0.3, 0.4) is 0 Å². The molecule has 2 aliphatic heterocycles. The molecular formula is C19H28ClN3O4S. The largest absolute Gasteiger partial charge is 0.376 e. The second kappa shape index (κ2) is 9.54. The van der Waals surface area contributed by atoms with Crippen molar-refractivity contribution in [3.8, 4) is 0 Å². The Morgan fingerprint density at radius 1 is 1.21 bits per heavy atom. The molecule has 1 aromatic carbocycles. The minimum atomic E-state index is -3.60. The van der Waals surface area contributed by atoms with Crippen LogP contribution in [0.2, 0.25) is 5.02 Å². The van der Waals surface area contributed by atoms with Crippen LogP contribution in [-0.2, 0) is 19.6 Å². The number of carbonyl (C=O) groups excluding carboxylic acids is 1. The average molecular weight is 430 g/mol. The maximum Gasteiger partial charge on any atom is 0.243 e. The fourth-order valence-electron chi connectivity index (χ4n) is 3.62. The van der Waals surface area contributed by atoms with Crippen LogP contribution in [0.4, 0.5) is 5.69 Å². The molecule has 2 heterocycles. The molecule has 156 valence electrons. The van der Waals surface area contributed by atoms with Crippen molar-refractivity contribution in [2.75, 3.05) is 44.6 Å². The molecule has 0 aliphatic carbocycles. The number of sulfonamides is 1. The first kappa shape index (κ1) is 21.5. The van der Waals surface area contributed by atoms with Crippen LogP contribution in [0, 0.1) is 0 Å². The molecule has 1 aromatic rings. The first-order valence-corrected chi connectivity index (χ1v) is 11.6. The molecule has 0 spiro atoms. The van der Waals surface area contributed by atoms with Crippen molar-refractivity contribution < 1.29 is 17.9 Å². The highest BCUT2D eigenvalue weighted by Crippen LogP contribution is 2.28. The van der Waals surface area contributed by atoms with Crippen molar-refractivity contribution in [2.45, 2.75) is 43.6 Å². The molecule has 1 N–H and O–H groups in total. The summed E-state index contributed by atoms with van der Waals surface area (Å²) in [4.78, 5) is 14.6. The average Bonchev–Trinajstić information content (AvgIpc) is 2.93. The number of hydrogen-bond donors (Lipinski definition) is 1. The van der Waals surface area contributed by atoms with E-state index in [2.05, 4.69) is 5.32 Å². The molecule has 2 saturated heterocycles. The van der Waals surface area contributed by atoms with Gasteiger partial charge in [0, 0.05) is 26.2 Å². The van der Waals surface area contributed by atoms with Crippen molar-refractivity contribution >= 4 is 33.2 Å². The van der Waals surface area contributed by atoms with E-state index < -0.39 is 10.0 Å². The summed E-state index contributed by atoms with van der Waals surface area (Å²) in [5.41, 5.74) is 0.323. The van der Waals surface area contributed by atoms with E-state index in [1.54, 1.807) is 0 Å². The van der Waals surface area contributed by atoms with Gasteiger partial charge in [0.05, 0.1) is 34.9 Å². The summed E-state index contributed by atoms with van der Waals surface area (Å²) in [5, 5.41) is 3.08. The lowest BCUT2D eigenvalue weighted by atomic mass is 10.2. The zero-order chi connectivity index (χ0) is 20.1. The quantitative estimate of drug-likeness (QED) is 0.778. The van der Waals surface area contributed by atoms with Crippen LogP contribution < -0.4 is 5.32 Å². The van der Waals surface area contributed by atoms with Crippen molar-refractivity contribution in [1.82, 2.24) is 9.21 Å². The highest BCUT2D eigenvalue weighted by Gasteiger charge is 2.26. The molecule has 1 amide bonds. The molecule has 0 bridgehead atoms. The highest BCUT2D eigenvalue weighted by atomic mass is 35.5. The van der Waals surface area contributed by atoms with Gasteiger partial charge in [0.15, 0.2) is 0 Å². The third-order valence-electron chi connectivity index (χ3n) is 5.11. The van der Waals surface area contributed by atoms with Gasteiger partial charge in [-0.05, 0) is 38.0 Å². The summed E-state index contributed by atoms with van der Waals surface area (Å²) in [6.45, 7) is 5.22. The normalized spacial score (nSPS) is 22.6. The van der Waals surface area contributed by atoms with Gasteiger partial charge < -0.3 is 10.1 Å². The van der Waals surface area contributed by atoms with Gasteiger partial charge in [0.25, 0.3) is 0 Å². The summed E-state index contributed by atoms with van der Waals surface area (Å²) in [6, 6.07) is 4.49. The Hall–Kier alpha value is -1.19. The fraction of sp³-hybridized carbons (Fsp3) is 0.632. The molecule has 0 radical (unpaired) electrons. The van der Waals surface area contributed by atoms with Gasteiger partial charge in [-0.2, -0.15) is 4.31 Å². The zero-order valence-corrected chi connectivity index (χ0v) is 17.8. The van der Waals surface area contributed by atoms with E-state index in [0.29, 0.717) is 43.5 Å².